The Morgan fingerprint density at radius 3 is 2.44 bits per heavy atom. The summed E-state index contributed by atoms with van der Waals surface area (Å²) in [7, 11) is 0. The number of guanidine groups is 1. The molecule has 1 heterocycles. The molecule has 174 valence electrons. The highest BCUT2D eigenvalue weighted by molar-refractivity contribution is 14.0. The van der Waals surface area contributed by atoms with Crippen LogP contribution in [0.1, 0.15) is 24.0 Å². The summed E-state index contributed by atoms with van der Waals surface area (Å²) in [6.45, 7) is 4.46. The molecule has 2 aromatic carbocycles. The maximum atomic E-state index is 10.8. The second kappa shape index (κ2) is 14.3. The molecule has 0 radical (unpaired) electrons. The monoisotopic (exact) mass is 569 g/mol. The fourth-order valence-corrected chi connectivity index (χ4v) is 3.89. The lowest BCUT2D eigenvalue weighted by Crippen LogP contribution is -2.49. The zero-order valence-electron chi connectivity index (χ0n) is 18.4. The van der Waals surface area contributed by atoms with Gasteiger partial charge in [0.15, 0.2) is 5.96 Å². The van der Waals surface area contributed by atoms with Crippen molar-refractivity contribution in [3.8, 4) is 0 Å². The Kier molecular flexibility index (Phi) is 11.8. The van der Waals surface area contributed by atoms with Crippen LogP contribution in [0.15, 0.2) is 59.6 Å². The number of benzene rings is 2. The van der Waals surface area contributed by atoms with Gasteiger partial charge in [0.2, 0.25) is 0 Å². The number of hydrogen-bond donors (Lipinski definition) is 2. The van der Waals surface area contributed by atoms with Crippen LogP contribution in [0.3, 0.4) is 0 Å². The number of rotatable bonds is 9. The molecule has 0 bridgehead atoms. The number of piperidine rings is 1. The van der Waals surface area contributed by atoms with Crippen molar-refractivity contribution < 1.29 is 4.92 Å². The Balaban J connectivity index is 0.00000363. The molecule has 1 aliphatic rings. The van der Waals surface area contributed by atoms with Crippen LogP contribution >= 0.6 is 35.7 Å². The van der Waals surface area contributed by atoms with Gasteiger partial charge in [0.05, 0.1) is 11.5 Å². The Bertz CT molecular complexity index is 843. The largest absolute Gasteiger partial charge is 0.356 e. The van der Waals surface area contributed by atoms with Crippen LogP contribution in [0, 0.1) is 10.1 Å². The first-order valence-corrected chi connectivity index (χ1v) is 12.1. The number of thioether (sulfide) groups is 1. The molecule has 0 amide bonds. The topological polar surface area (TPSA) is 82.8 Å². The van der Waals surface area contributed by atoms with E-state index in [9.17, 15) is 10.1 Å². The summed E-state index contributed by atoms with van der Waals surface area (Å²) in [5.41, 5.74) is 2.42. The number of nitro groups is 1. The van der Waals surface area contributed by atoms with Crippen LogP contribution in [0.4, 0.5) is 5.69 Å². The quantitative estimate of drug-likeness (QED) is 0.117. The first-order valence-electron chi connectivity index (χ1n) is 10.7. The van der Waals surface area contributed by atoms with E-state index in [0.29, 0.717) is 12.6 Å². The van der Waals surface area contributed by atoms with Crippen molar-refractivity contribution in [2.24, 2.45) is 4.99 Å². The van der Waals surface area contributed by atoms with Gasteiger partial charge in [-0.2, -0.15) is 11.8 Å². The van der Waals surface area contributed by atoms with Gasteiger partial charge in [0.1, 0.15) is 0 Å². The third-order valence-electron chi connectivity index (χ3n) is 5.34. The number of hydrogen-bond acceptors (Lipinski definition) is 5. The lowest BCUT2D eigenvalue weighted by molar-refractivity contribution is -0.384. The maximum Gasteiger partial charge on any atom is 0.269 e. The average Bonchev–Trinajstić information content (AvgIpc) is 2.79. The number of nitrogens with one attached hydrogen (secondary N) is 2. The molecule has 1 aliphatic heterocycles. The van der Waals surface area contributed by atoms with Crippen LogP contribution < -0.4 is 10.6 Å². The number of nitro benzene ring substituents is 1. The SMILES string of the molecule is CSCCNC(=NCc1ccc([N+](=O)[O-])cc1)NC1CCN(Cc2ccccc2)CC1.I. The third kappa shape index (κ3) is 8.95. The predicted octanol–water partition coefficient (Wildman–Crippen LogP) is 4.28. The molecule has 0 atom stereocenters. The maximum absolute atomic E-state index is 10.8. The zero-order chi connectivity index (χ0) is 21.9. The zero-order valence-corrected chi connectivity index (χ0v) is 21.6. The van der Waals surface area contributed by atoms with Crippen molar-refractivity contribution in [1.82, 2.24) is 15.5 Å². The summed E-state index contributed by atoms with van der Waals surface area (Å²) in [5.74, 6) is 1.82. The van der Waals surface area contributed by atoms with Gasteiger partial charge in [0, 0.05) is 50.1 Å². The number of aliphatic imine (C=N–C) groups is 1. The molecule has 1 fully saturated rings. The molecule has 0 saturated carbocycles. The molecule has 0 unspecified atom stereocenters. The van der Waals surface area contributed by atoms with E-state index in [2.05, 4.69) is 52.1 Å². The molecular formula is C23H32IN5O2S. The molecule has 0 spiro atoms. The van der Waals surface area contributed by atoms with Gasteiger partial charge in [-0.15, -0.1) is 24.0 Å². The lowest BCUT2D eigenvalue weighted by atomic mass is 10.0. The van der Waals surface area contributed by atoms with Gasteiger partial charge in [-0.25, -0.2) is 4.99 Å². The van der Waals surface area contributed by atoms with E-state index in [0.717, 1.165) is 56.3 Å². The van der Waals surface area contributed by atoms with Crippen molar-refractivity contribution in [1.29, 1.82) is 0 Å². The summed E-state index contributed by atoms with van der Waals surface area (Å²) < 4.78 is 0. The van der Waals surface area contributed by atoms with Crippen LogP contribution in [0.5, 0.6) is 0 Å². The Hall–Kier alpha value is -1.85. The molecule has 2 N–H and O–H groups in total. The third-order valence-corrected chi connectivity index (χ3v) is 5.96. The van der Waals surface area contributed by atoms with Crippen molar-refractivity contribution in [2.45, 2.75) is 32.0 Å². The number of halogens is 1. The molecule has 3 rings (SSSR count). The first-order chi connectivity index (χ1) is 15.1. The van der Waals surface area contributed by atoms with Gasteiger partial charge < -0.3 is 10.6 Å². The van der Waals surface area contributed by atoms with Gasteiger partial charge in [-0.3, -0.25) is 15.0 Å². The van der Waals surface area contributed by atoms with Crippen LogP contribution in [-0.4, -0.2) is 53.5 Å². The van der Waals surface area contributed by atoms with Crippen molar-refractivity contribution in [3.63, 3.8) is 0 Å². The number of non-ortho nitro benzene ring substituents is 1. The minimum Gasteiger partial charge on any atom is -0.356 e. The summed E-state index contributed by atoms with van der Waals surface area (Å²) in [4.78, 5) is 17.7. The molecule has 7 nitrogen and oxygen atoms in total. The standard InChI is InChI=1S/C23H31N5O2S.HI/c1-31-16-13-24-23(25-17-19-7-9-22(10-8-19)28(29)30)26-21-11-14-27(15-12-21)18-20-5-3-2-4-6-20;/h2-10,21H,11-18H2,1H3,(H2,24,25,26);1H. The lowest BCUT2D eigenvalue weighted by Gasteiger charge is -2.33. The first kappa shape index (κ1) is 26.4. The Labute approximate surface area is 211 Å². The van der Waals surface area contributed by atoms with Gasteiger partial charge in [-0.05, 0) is 30.2 Å². The van der Waals surface area contributed by atoms with Gasteiger partial charge in [-0.1, -0.05) is 42.5 Å². The highest BCUT2D eigenvalue weighted by Gasteiger charge is 2.20. The smallest absolute Gasteiger partial charge is 0.269 e. The van der Waals surface area contributed by atoms with E-state index < -0.39 is 0 Å². The Morgan fingerprint density at radius 2 is 1.81 bits per heavy atom. The van der Waals surface area contributed by atoms with Crippen molar-refractivity contribution >= 4 is 47.4 Å². The van der Waals surface area contributed by atoms with E-state index in [4.69, 9.17) is 4.99 Å². The number of nitrogens with zero attached hydrogens (tertiary/aromatic N) is 3. The molecule has 0 aromatic heterocycles. The minimum absolute atomic E-state index is 0. The summed E-state index contributed by atoms with van der Waals surface area (Å²) >= 11 is 1.79. The number of likely N-dealkylation sites (tertiary alicyclic amines) is 1. The van der Waals surface area contributed by atoms with E-state index in [1.165, 1.54) is 17.7 Å². The fraction of sp³-hybridized carbons (Fsp3) is 0.435. The van der Waals surface area contributed by atoms with E-state index >= 15 is 0 Å². The average molecular weight is 570 g/mol. The van der Waals surface area contributed by atoms with Gasteiger partial charge in [0.25, 0.3) is 5.69 Å². The molecular weight excluding hydrogens is 537 g/mol. The predicted molar refractivity (Wildman–Crippen MR) is 144 cm³/mol. The van der Waals surface area contributed by atoms with Crippen molar-refractivity contribution in [3.05, 3.63) is 75.8 Å². The fourth-order valence-electron chi connectivity index (χ4n) is 3.59. The summed E-state index contributed by atoms with van der Waals surface area (Å²) in [5, 5.41) is 17.8. The van der Waals surface area contributed by atoms with Crippen LogP contribution in [-0.2, 0) is 13.1 Å². The van der Waals surface area contributed by atoms with E-state index in [-0.39, 0.29) is 34.6 Å². The highest BCUT2D eigenvalue weighted by Crippen LogP contribution is 2.15. The molecule has 2 aromatic rings. The molecule has 1 saturated heterocycles. The molecule has 0 aliphatic carbocycles. The normalized spacial score (nSPS) is 15.1. The second-order valence-electron chi connectivity index (χ2n) is 7.69. The highest BCUT2D eigenvalue weighted by atomic mass is 127. The molecule has 32 heavy (non-hydrogen) atoms. The summed E-state index contributed by atoms with van der Waals surface area (Å²) in [6.07, 6.45) is 4.24. The minimum atomic E-state index is -0.381. The second-order valence-corrected chi connectivity index (χ2v) is 8.67. The van der Waals surface area contributed by atoms with Crippen LogP contribution in [0.2, 0.25) is 0 Å². The van der Waals surface area contributed by atoms with E-state index in [1.807, 2.05) is 0 Å². The van der Waals surface area contributed by atoms with Crippen LogP contribution in [0.25, 0.3) is 0 Å². The Morgan fingerprint density at radius 1 is 1.12 bits per heavy atom. The molecule has 9 heteroatoms. The van der Waals surface area contributed by atoms with Crippen molar-refractivity contribution in [2.75, 3.05) is 31.6 Å². The summed E-state index contributed by atoms with van der Waals surface area (Å²) in [6, 6.07) is 17.6. The van der Waals surface area contributed by atoms with Gasteiger partial charge >= 0.3 is 0 Å². The van der Waals surface area contributed by atoms with E-state index in [1.54, 1.807) is 23.9 Å².